The minimum Gasteiger partial charge on any atom is -0.507 e. The number of phenols is 1. The van der Waals surface area contributed by atoms with Gasteiger partial charge in [-0.1, -0.05) is 23.4 Å². The van der Waals surface area contributed by atoms with Gasteiger partial charge in [-0.2, -0.15) is 11.3 Å². The summed E-state index contributed by atoms with van der Waals surface area (Å²) in [7, 11) is 0. The van der Waals surface area contributed by atoms with Gasteiger partial charge in [-0.3, -0.25) is 0 Å². The van der Waals surface area contributed by atoms with Crippen LogP contribution in [0.15, 0.2) is 53.2 Å². The minimum absolute atomic E-state index is 0.193. The standard InChI is InChI=1S/C18H12ClNOS/c19-14-5-8-18(21)16(9-14)17-11-22-10-13(17)4-1-12-2-6-15(20)7-3-12/h2-3,5-11,21H,20H2. The first-order valence-electron chi connectivity index (χ1n) is 6.56. The third kappa shape index (κ3) is 3.09. The summed E-state index contributed by atoms with van der Waals surface area (Å²) in [5.74, 6) is 6.44. The molecule has 0 unspecified atom stereocenters. The van der Waals surface area contributed by atoms with Gasteiger partial charge in [-0.15, -0.1) is 0 Å². The number of anilines is 1. The Morgan fingerprint density at radius 2 is 1.73 bits per heavy atom. The van der Waals surface area contributed by atoms with E-state index in [0.29, 0.717) is 16.3 Å². The van der Waals surface area contributed by atoms with Crippen molar-refractivity contribution in [3.63, 3.8) is 0 Å². The normalized spacial score (nSPS) is 10.0. The van der Waals surface area contributed by atoms with Crippen molar-refractivity contribution in [1.29, 1.82) is 0 Å². The van der Waals surface area contributed by atoms with E-state index >= 15 is 0 Å². The lowest BCUT2D eigenvalue weighted by Crippen LogP contribution is -1.84. The molecule has 1 heterocycles. The Morgan fingerprint density at radius 3 is 2.50 bits per heavy atom. The lowest BCUT2D eigenvalue weighted by molar-refractivity contribution is 0.477. The fourth-order valence-corrected chi connectivity index (χ4v) is 2.98. The van der Waals surface area contributed by atoms with Gasteiger partial charge >= 0.3 is 0 Å². The van der Waals surface area contributed by atoms with E-state index in [4.69, 9.17) is 17.3 Å². The predicted octanol–water partition coefficient (Wildman–Crippen LogP) is 4.76. The number of benzene rings is 2. The number of nitrogen functional groups attached to an aromatic ring is 1. The molecule has 0 atom stereocenters. The summed E-state index contributed by atoms with van der Waals surface area (Å²) in [6.07, 6.45) is 0. The van der Waals surface area contributed by atoms with Gasteiger partial charge in [0.2, 0.25) is 0 Å². The Morgan fingerprint density at radius 1 is 0.955 bits per heavy atom. The van der Waals surface area contributed by atoms with Gasteiger partial charge in [0.25, 0.3) is 0 Å². The molecule has 0 saturated carbocycles. The highest BCUT2D eigenvalue weighted by atomic mass is 35.5. The van der Waals surface area contributed by atoms with Crippen molar-refractivity contribution in [3.05, 3.63) is 69.4 Å². The Bertz CT molecular complexity index is 872. The molecule has 3 aromatic rings. The summed E-state index contributed by atoms with van der Waals surface area (Å²) in [4.78, 5) is 0. The zero-order valence-corrected chi connectivity index (χ0v) is 13.1. The molecule has 0 aliphatic rings. The molecule has 0 aliphatic carbocycles. The second kappa shape index (κ2) is 6.15. The summed E-state index contributed by atoms with van der Waals surface area (Å²) in [6.45, 7) is 0. The molecule has 0 fully saturated rings. The molecule has 0 aliphatic heterocycles. The predicted molar refractivity (Wildman–Crippen MR) is 93.3 cm³/mol. The van der Waals surface area contributed by atoms with Crippen molar-refractivity contribution in [1.82, 2.24) is 0 Å². The van der Waals surface area contributed by atoms with E-state index < -0.39 is 0 Å². The van der Waals surface area contributed by atoms with Gasteiger partial charge in [0.05, 0.1) is 0 Å². The molecule has 2 aromatic carbocycles. The number of halogens is 1. The number of rotatable bonds is 1. The van der Waals surface area contributed by atoms with Crippen LogP contribution in [0.3, 0.4) is 0 Å². The van der Waals surface area contributed by atoms with Gasteiger partial charge in [0, 0.05) is 38.3 Å². The maximum absolute atomic E-state index is 10.0. The summed E-state index contributed by atoms with van der Waals surface area (Å²) in [5, 5.41) is 14.5. The van der Waals surface area contributed by atoms with Crippen molar-refractivity contribution < 1.29 is 5.11 Å². The molecule has 108 valence electrons. The van der Waals surface area contributed by atoms with E-state index in [9.17, 15) is 5.11 Å². The first kappa shape index (κ1) is 14.5. The minimum atomic E-state index is 0.193. The van der Waals surface area contributed by atoms with E-state index in [-0.39, 0.29) is 5.75 Å². The molecule has 3 N–H and O–H groups in total. The van der Waals surface area contributed by atoms with Crippen LogP contribution in [0.2, 0.25) is 5.02 Å². The highest BCUT2D eigenvalue weighted by Crippen LogP contribution is 2.35. The van der Waals surface area contributed by atoms with Crippen molar-refractivity contribution in [2.75, 3.05) is 5.73 Å². The van der Waals surface area contributed by atoms with Gasteiger partial charge < -0.3 is 10.8 Å². The zero-order chi connectivity index (χ0) is 15.5. The van der Waals surface area contributed by atoms with Crippen LogP contribution in [0.4, 0.5) is 5.69 Å². The largest absolute Gasteiger partial charge is 0.507 e. The van der Waals surface area contributed by atoms with E-state index in [2.05, 4.69) is 11.8 Å². The number of hydrogen-bond donors (Lipinski definition) is 2. The number of hydrogen-bond acceptors (Lipinski definition) is 3. The van der Waals surface area contributed by atoms with Gasteiger partial charge in [0.1, 0.15) is 5.75 Å². The number of nitrogens with two attached hydrogens (primary N) is 1. The molecule has 0 bridgehead atoms. The van der Waals surface area contributed by atoms with Crippen LogP contribution < -0.4 is 5.73 Å². The van der Waals surface area contributed by atoms with Crippen LogP contribution in [0.25, 0.3) is 11.1 Å². The van der Waals surface area contributed by atoms with Crippen LogP contribution in [0.1, 0.15) is 11.1 Å². The van der Waals surface area contributed by atoms with E-state index in [1.165, 1.54) is 11.3 Å². The lowest BCUT2D eigenvalue weighted by Gasteiger charge is -2.04. The lowest BCUT2D eigenvalue weighted by atomic mass is 10.0. The third-order valence-electron chi connectivity index (χ3n) is 3.16. The third-order valence-corrected chi connectivity index (χ3v) is 4.14. The molecular formula is C18H12ClNOS. The van der Waals surface area contributed by atoms with Crippen molar-refractivity contribution in [3.8, 4) is 28.7 Å². The highest BCUT2D eigenvalue weighted by Gasteiger charge is 2.10. The first-order chi connectivity index (χ1) is 10.6. The smallest absolute Gasteiger partial charge is 0.123 e. The van der Waals surface area contributed by atoms with E-state index in [1.54, 1.807) is 18.2 Å². The second-order valence-electron chi connectivity index (χ2n) is 4.73. The van der Waals surface area contributed by atoms with Crippen molar-refractivity contribution >= 4 is 28.6 Å². The monoisotopic (exact) mass is 325 g/mol. The Balaban J connectivity index is 2.00. The molecule has 0 radical (unpaired) electrons. The summed E-state index contributed by atoms with van der Waals surface area (Å²) in [6, 6.07) is 12.4. The van der Waals surface area contributed by atoms with Gasteiger partial charge in [-0.25, -0.2) is 0 Å². The molecule has 1 aromatic heterocycles. The van der Waals surface area contributed by atoms with Gasteiger partial charge in [0.15, 0.2) is 0 Å². The Hall–Kier alpha value is -2.41. The Kier molecular flexibility index (Phi) is 4.06. The van der Waals surface area contributed by atoms with Crippen LogP contribution in [-0.4, -0.2) is 5.11 Å². The molecule has 22 heavy (non-hydrogen) atoms. The molecule has 3 rings (SSSR count). The summed E-state index contributed by atoms with van der Waals surface area (Å²) >= 11 is 7.55. The maximum Gasteiger partial charge on any atom is 0.123 e. The average Bonchev–Trinajstić information content (AvgIpc) is 2.97. The maximum atomic E-state index is 10.0. The van der Waals surface area contributed by atoms with E-state index in [1.807, 2.05) is 35.0 Å². The fourth-order valence-electron chi connectivity index (χ4n) is 2.03. The van der Waals surface area contributed by atoms with Crippen molar-refractivity contribution in [2.24, 2.45) is 0 Å². The molecule has 4 heteroatoms. The van der Waals surface area contributed by atoms with Gasteiger partial charge in [-0.05, 0) is 47.8 Å². The number of thiophene rings is 1. The highest BCUT2D eigenvalue weighted by molar-refractivity contribution is 7.08. The average molecular weight is 326 g/mol. The first-order valence-corrected chi connectivity index (χ1v) is 7.88. The van der Waals surface area contributed by atoms with E-state index in [0.717, 1.165) is 16.7 Å². The van der Waals surface area contributed by atoms with Crippen LogP contribution >= 0.6 is 22.9 Å². The topological polar surface area (TPSA) is 46.2 Å². The van der Waals surface area contributed by atoms with Crippen LogP contribution in [-0.2, 0) is 0 Å². The van der Waals surface area contributed by atoms with Crippen LogP contribution in [0, 0.1) is 11.8 Å². The molecule has 0 saturated heterocycles. The molecule has 0 spiro atoms. The number of phenolic OH excluding ortho intramolecular Hbond substituents is 1. The SMILES string of the molecule is Nc1ccc(C#Cc2cscc2-c2cc(Cl)ccc2O)cc1. The zero-order valence-electron chi connectivity index (χ0n) is 11.5. The fraction of sp³-hybridized carbons (Fsp3) is 0. The Labute approximate surface area is 137 Å². The summed E-state index contributed by atoms with van der Waals surface area (Å²) < 4.78 is 0. The number of aromatic hydroxyl groups is 1. The van der Waals surface area contributed by atoms with Crippen LogP contribution in [0.5, 0.6) is 5.75 Å². The summed E-state index contributed by atoms with van der Waals surface area (Å²) in [5.41, 5.74) is 9.70. The molecule has 2 nitrogen and oxygen atoms in total. The molecular weight excluding hydrogens is 314 g/mol. The molecule has 0 amide bonds. The quantitative estimate of drug-likeness (QED) is 0.500. The van der Waals surface area contributed by atoms with Crippen molar-refractivity contribution in [2.45, 2.75) is 0 Å². The second-order valence-corrected chi connectivity index (χ2v) is 5.91.